The Morgan fingerprint density at radius 2 is 1.82 bits per heavy atom. The van der Waals surface area contributed by atoms with Gasteiger partial charge in [0, 0.05) is 6.54 Å². The van der Waals surface area contributed by atoms with Crippen molar-refractivity contribution in [1.29, 1.82) is 0 Å². The van der Waals surface area contributed by atoms with Crippen LogP contribution in [0, 0.1) is 0 Å². The maximum Gasteiger partial charge on any atom is 0.262 e. The molecule has 1 heterocycles. The van der Waals surface area contributed by atoms with E-state index in [1.807, 2.05) is 12.1 Å². The number of thioether (sulfide) groups is 1. The fraction of sp³-hybridized carbons (Fsp3) is 0.154. The molecule has 0 unspecified atom stereocenters. The highest BCUT2D eigenvalue weighted by Crippen LogP contribution is 2.19. The fourth-order valence-electron chi connectivity index (χ4n) is 3.57. The van der Waals surface area contributed by atoms with E-state index in [0.29, 0.717) is 22.5 Å². The first-order valence-corrected chi connectivity index (χ1v) is 14.0. The molecular formula is C26H25N5O5S2. The van der Waals surface area contributed by atoms with Crippen LogP contribution in [0.2, 0.25) is 0 Å². The number of carbonyl (C=O) groups is 1. The quantitative estimate of drug-likeness (QED) is 0.133. The minimum absolute atomic E-state index is 0.00616. The third-order valence-electron chi connectivity index (χ3n) is 5.55. The van der Waals surface area contributed by atoms with Crippen LogP contribution in [0.3, 0.4) is 0 Å². The maximum atomic E-state index is 13.3. The second-order valence-corrected chi connectivity index (χ2v) is 10.7. The normalized spacial score (nSPS) is 11.6. The Labute approximate surface area is 223 Å². The molecule has 3 aromatic carbocycles. The van der Waals surface area contributed by atoms with E-state index in [1.165, 1.54) is 22.9 Å². The molecule has 1 amide bonds. The number of methoxy groups -OCH3 is 1. The monoisotopic (exact) mass is 551 g/mol. The van der Waals surface area contributed by atoms with Crippen molar-refractivity contribution in [2.24, 2.45) is 10.2 Å². The molecule has 4 aromatic rings. The van der Waals surface area contributed by atoms with Crippen molar-refractivity contribution < 1.29 is 17.9 Å². The molecule has 0 spiro atoms. The van der Waals surface area contributed by atoms with Crippen LogP contribution in [-0.4, -0.2) is 43.0 Å². The van der Waals surface area contributed by atoms with Gasteiger partial charge in [-0.25, -0.2) is 24.0 Å². The number of fused-ring (bicyclic) bond motifs is 1. The van der Waals surface area contributed by atoms with E-state index in [9.17, 15) is 18.0 Å². The maximum absolute atomic E-state index is 13.3. The zero-order valence-electron chi connectivity index (χ0n) is 20.4. The lowest BCUT2D eigenvalue weighted by Gasteiger charge is -2.13. The number of aryl methyl sites for hydroxylation is 1. The Kier molecular flexibility index (Phi) is 8.56. The Bertz CT molecular complexity index is 1630. The molecule has 0 atom stereocenters. The zero-order chi connectivity index (χ0) is 27.1. The highest BCUT2D eigenvalue weighted by Gasteiger charge is 2.14. The first-order valence-electron chi connectivity index (χ1n) is 11.4. The molecule has 38 heavy (non-hydrogen) atoms. The summed E-state index contributed by atoms with van der Waals surface area (Å²) in [6, 6.07) is 20.4. The molecule has 10 nitrogen and oxygen atoms in total. The van der Waals surface area contributed by atoms with Crippen LogP contribution in [-0.2, 0) is 27.8 Å². The molecule has 4 rings (SSSR count). The van der Waals surface area contributed by atoms with Crippen LogP contribution < -0.4 is 20.9 Å². The number of amides is 1. The smallest absolute Gasteiger partial charge is 0.262 e. The second kappa shape index (κ2) is 12.0. The lowest BCUT2D eigenvalue weighted by Crippen LogP contribution is -2.26. The average molecular weight is 552 g/mol. The first kappa shape index (κ1) is 27.0. The molecule has 12 heteroatoms. The van der Waals surface area contributed by atoms with Crippen molar-refractivity contribution in [1.82, 2.24) is 15.0 Å². The predicted octanol–water partition coefficient (Wildman–Crippen LogP) is 2.54. The number of sulfonamides is 1. The van der Waals surface area contributed by atoms with E-state index in [1.54, 1.807) is 55.6 Å². The summed E-state index contributed by atoms with van der Waals surface area (Å²) in [5, 5.41) is 10.0. The van der Waals surface area contributed by atoms with Gasteiger partial charge in [0.25, 0.3) is 11.5 Å². The number of nitrogens with two attached hydrogens (primary N) is 1. The van der Waals surface area contributed by atoms with Gasteiger partial charge in [-0.15, -0.1) is 0 Å². The number of nitrogens with one attached hydrogen (secondary N) is 1. The largest absolute Gasteiger partial charge is 0.497 e. The summed E-state index contributed by atoms with van der Waals surface area (Å²) in [5.41, 5.74) is 4.40. The molecule has 1 aromatic heterocycles. The van der Waals surface area contributed by atoms with E-state index in [-0.39, 0.29) is 28.7 Å². The number of hydrogen-bond acceptors (Lipinski definition) is 8. The van der Waals surface area contributed by atoms with Gasteiger partial charge in [-0.2, -0.15) is 5.10 Å². The second-order valence-electron chi connectivity index (χ2n) is 8.16. The number of benzene rings is 3. The third kappa shape index (κ3) is 6.85. The standard InChI is InChI=1S/C26H25N5O5S2/c1-36-20-10-6-19(7-11-20)16-28-30-24(32)17-37-26-29-23-5-3-2-4-22(23)25(33)31(26)15-14-18-8-12-21(13-9-18)38(27,34)35/h2-13,16H,14-15,17H2,1H3,(H,30,32)(H2,27,34,35)/b28-16+. The van der Waals surface area contributed by atoms with Crippen molar-refractivity contribution in [3.8, 4) is 5.75 Å². The lowest BCUT2D eigenvalue weighted by molar-refractivity contribution is -0.118. The van der Waals surface area contributed by atoms with Gasteiger partial charge in [-0.1, -0.05) is 36.0 Å². The van der Waals surface area contributed by atoms with Gasteiger partial charge in [-0.3, -0.25) is 14.2 Å². The topological polar surface area (TPSA) is 146 Å². The number of para-hydroxylation sites is 1. The number of aromatic nitrogens is 2. The molecule has 0 aliphatic heterocycles. The number of hydrogen-bond donors (Lipinski definition) is 2. The zero-order valence-corrected chi connectivity index (χ0v) is 22.0. The summed E-state index contributed by atoms with van der Waals surface area (Å²) < 4.78 is 29.6. The molecule has 0 aliphatic rings. The van der Waals surface area contributed by atoms with Crippen molar-refractivity contribution in [2.45, 2.75) is 23.0 Å². The number of primary sulfonamides is 1. The molecule has 3 N–H and O–H groups in total. The van der Waals surface area contributed by atoms with Crippen molar-refractivity contribution in [3.63, 3.8) is 0 Å². The lowest BCUT2D eigenvalue weighted by atomic mass is 10.1. The third-order valence-corrected chi connectivity index (χ3v) is 7.46. The van der Waals surface area contributed by atoms with Crippen molar-refractivity contribution in [3.05, 3.63) is 94.3 Å². The van der Waals surface area contributed by atoms with Gasteiger partial charge in [0.2, 0.25) is 10.0 Å². The van der Waals surface area contributed by atoms with Crippen molar-refractivity contribution >= 4 is 44.8 Å². The highest BCUT2D eigenvalue weighted by molar-refractivity contribution is 7.99. The molecule has 0 saturated heterocycles. The Balaban J connectivity index is 1.47. The molecule has 196 valence electrons. The summed E-state index contributed by atoms with van der Waals surface area (Å²) in [5.74, 6) is 0.359. The highest BCUT2D eigenvalue weighted by atomic mass is 32.2. The predicted molar refractivity (Wildman–Crippen MR) is 147 cm³/mol. The summed E-state index contributed by atoms with van der Waals surface area (Å²) >= 11 is 1.13. The van der Waals surface area contributed by atoms with E-state index in [2.05, 4.69) is 15.5 Å². The van der Waals surface area contributed by atoms with Gasteiger partial charge in [0.05, 0.1) is 34.9 Å². The van der Waals surface area contributed by atoms with E-state index >= 15 is 0 Å². The van der Waals surface area contributed by atoms with Gasteiger partial charge >= 0.3 is 0 Å². The number of nitrogens with zero attached hydrogens (tertiary/aromatic N) is 3. The average Bonchev–Trinajstić information content (AvgIpc) is 2.91. The number of hydrazone groups is 1. The van der Waals surface area contributed by atoms with Crippen LogP contribution in [0.4, 0.5) is 0 Å². The SMILES string of the molecule is COc1ccc(/C=N/NC(=O)CSc2nc3ccccc3c(=O)n2CCc2ccc(S(N)(=O)=O)cc2)cc1. The van der Waals surface area contributed by atoms with Gasteiger partial charge < -0.3 is 4.74 Å². The Morgan fingerprint density at radius 1 is 1.11 bits per heavy atom. The number of ether oxygens (including phenoxy) is 1. The minimum atomic E-state index is -3.79. The number of rotatable bonds is 10. The molecule has 0 bridgehead atoms. The summed E-state index contributed by atoms with van der Waals surface area (Å²) in [6.07, 6.45) is 1.96. The Morgan fingerprint density at radius 3 is 2.50 bits per heavy atom. The summed E-state index contributed by atoms with van der Waals surface area (Å²) in [6.45, 7) is 0.283. The van der Waals surface area contributed by atoms with Gasteiger partial charge in [0.15, 0.2) is 5.16 Å². The van der Waals surface area contributed by atoms with E-state index in [0.717, 1.165) is 28.6 Å². The molecule has 0 fully saturated rings. The van der Waals surface area contributed by atoms with Crippen LogP contribution in [0.25, 0.3) is 10.9 Å². The Hall–Kier alpha value is -4.00. The fourth-order valence-corrected chi connectivity index (χ4v) is 4.91. The molecule has 0 saturated carbocycles. The molecule has 0 aliphatic carbocycles. The van der Waals surface area contributed by atoms with E-state index < -0.39 is 10.0 Å². The van der Waals surface area contributed by atoms with Crippen LogP contribution >= 0.6 is 11.8 Å². The van der Waals surface area contributed by atoms with Crippen LogP contribution in [0.1, 0.15) is 11.1 Å². The summed E-state index contributed by atoms with van der Waals surface area (Å²) in [7, 11) is -2.20. The molecular weight excluding hydrogens is 526 g/mol. The van der Waals surface area contributed by atoms with Crippen LogP contribution in [0.5, 0.6) is 5.75 Å². The first-order chi connectivity index (χ1) is 18.2. The molecule has 0 radical (unpaired) electrons. The minimum Gasteiger partial charge on any atom is -0.497 e. The van der Waals surface area contributed by atoms with Gasteiger partial charge in [-0.05, 0) is 66.1 Å². The van der Waals surface area contributed by atoms with Gasteiger partial charge in [0.1, 0.15) is 5.75 Å². The summed E-state index contributed by atoms with van der Waals surface area (Å²) in [4.78, 5) is 30.3. The van der Waals surface area contributed by atoms with Crippen LogP contribution in [0.15, 0.2) is 92.7 Å². The van der Waals surface area contributed by atoms with Crippen molar-refractivity contribution in [2.75, 3.05) is 12.9 Å². The van der Waals surface area contributed by atoms with E-state index in [4.69, 9.17) is 9.88 Å². The number of carbonyl (C=O) groups excluding carboxylic acids is 1.